The molecule has 1 aromatic rings. The molecule has 0 N–H and O–H groups in total. The zero-order chi connectivity index (χ0) is 14.2. The minimum absolute atomic E-state index is 0.0182. The highest BCUT2D eigenvalue weighted by Crippen LogP contribution is 2.26. The summed E-state index contributed by atoms with van der Waals surface area (Å²) in [5.41, 5.74) is 0.0182. The number of thioether (sulfide) groups is 1. The maximum Gasteiger partial charge on any atom is 0.135 e. The zero-order valence-electron chi connectivity index (χ0n) is 12.7. The van der Waals surface area contributed by atoms with Gasteiger partial charge in [0.05, 0.1) is 0 Å². The minimum atomic E-state index is 0.0182. The molecule has 3 rings (SSSR count). The van der Waals surface area contributed by atoms with Crippen molar-refractivity contribution >= 4 is 17.6 Å². The van der Waals surface area contributed by atoms with Crippen molar-refractivity contribution < 1.29 is 0 Å². The van der Waals surface area contributed by atoms with Crippen LogP contribution >= 0.6 is 11.8 Å². The van der Waals surface area contributed by atoms with Crippen LogP contribution in [0.4, 0.5) is 5.82 Å². The van der Waals surface area contributed by atoms with Gasteiger partial charge in [-0.2, -0.15) is 11.8 Å². The Balaban J connectivity index is 1.62. The zero-order valence-corrected chi connectivity index (χ0v) is 13.5. The first-order valence-electron chi connectivity index (χ1n) is 7.44. The molecule has 2 aliphatic heterocycles. The normalized spacial score (nSPS) is 21.9. The first kappa shape index (κ1) is 14.1. The maximum absolute atomic E-state index is 4.74. The highest BCUT2D eigenvalue weighted by molar-refractivity contribution is 7.99. The van der Waals surface area contributed by atoms with Gasteiger partial charge in [0, 0.05) is 55.3 Å². The molecule has 2 saturated heterocycles. The molecule has 0 unspecified atom stereocenters. The summed E-state index contributed by atoms with van der Waals surface area (Å²) in [7, 11) is 0. The Morgan fingerprint density at radius 2 is 1.90 bits per heavy atom. The van der Waals surface area contributed by atoms with Gasteiger partial charge in [0.25, 0.3) is 0 Å². The van der Waals surface area contributed by atoms with Crippen molar-refractivity contribution in [3.8, 4) is 0 Å². The fourth-order valence-corrected chi connectivity index (χ4v) is 3.63. The molecule has 0 amide bonds. The van der Waals surface area contributed by atoms with Gasteiger partial charge < -0.3 is 4.90 Å². The largest absolute Gasteiger partial charge is 0.353 e. The van der Waals surface area contributed by atoms with E-state index in [4.69, 9.17) is 4.98 Å². The minimum Gasteiger partial charge on any atom is -0.353 e. The van der Waals surface area contributed by atoms with Crippen LogP contribution in [0.15, 0.2) is 12.3 Å². The summed E-state index contributed by atoms with van der Waals surface area (Å²) < 4.78 is 0. The molecule has 0 aromatic carbocycles. The molecule has 0 bridgehead atoms. The van der Waals surface area contributed by atoms with Gasteiger partial charge in [-0.05, 0) is 6.07 Å². The second-order valence-corrected chi connectivity index (χ2v) is 7.92. The van der Waals surface area contributed by atoms with Crippen molar-refractivity contribution in [1.82, 2.24) is 14.9 Å². The number of hydrogen-bond donors (Lipinski definition) is 0. The highest BCUT2D eigenvalue weighted by atomic mass is 32.2. The second kappa shape index (κ2) is 5.53. The Labute approximate surface area is 126 Å². The summed E-state index contributed by atoms with van der Waals surface area (Å²) in [4.78, 5) is 14.2. The molecule has 110 valence electrons. The average molecular weight is 292 g/mol. The van der Waals surface area contributed by atoms with Gasteiger partial charge in [-0.25, -0.2) is 9.97 Å². The highest BCUT2D eigenvalue weighted by Gasteiger charge is 2.33. The van der Waals surface area contributed by atoms with Gasteiger partial charge in [-0.1, -0.05) is 20.8 Å². The molecule has 0 spiro atoms. The molecular weight excluding hydrogens is 268 g/mol. The predicted molar refractivity (Wildman–Crippen MR) is 85.6 cm³/mol. The van der Waals surface area contributed by atoms with E-state index in [2.05, 4.69) is 47.3 Å². The molecule has 0 atom stereocenters. The lowest BCUT2D eigenvalue weighted by atomic mass is 9.96. The van der Waals surface area contributed by atoms with Gasteiger partial charge in [0.2, 0.25) is 0 Å². The number of anilines is 1. The van der Waals surface area contributed by atoms with E-state index in [0.29, 0.717) is 0 Å². The Morgan fingerprint density at radius 3 is 2.55 bits per heavy atom. The van der Waals surface area contributed by atoms with Gasteiger partial charge in [-0.15, -0.1) is 0 Å². The van der Waals surface area contributed by atoms with E-state index in [1.54, 1.807) is 0 Å². The number of rotatable bonds is 2. The van der Waals surface area contributed by atoms with E-state index in [9.17, 15) is 0 Å². The smallest absolute Gasteiger partial charge is 0.135 e. The molecule has 5 heteroatoms. The van der Waals surface area contributed by atoms with Crippen molar-refractivity contribution in [2.24, 2.45) is 0 Å². The fourth-order valence-electron chi connectivity index (χ4n) is 2.70. The molecular formula is C15H24N4S. The first-order chi connectivity index (χ1) is 9.54. The van der Waals surface area contributed by atoms with Crippen molar-refractivity contribution in [1.29, 1.82) is 0 Å². The van der Waals surface area contributed by atoms with E-state index in [0.717, 1.165) is 30.8 Å². The fraction of sp³-hybridized carbons (Fsp3) is 0.733. The Morgan fingerprint density at radius 1 is 1.20 bits per heavy atom. The average Bonchev–Trinajstić information content (AvgIpc) is 2.38. The molecule has 1 aromatic heterocycles. The maximum atomic E-state index is 4.74. The Kier molecular flexibility index (Phi) is 3.91. The lowest BCUT2D eigenvalue weighted by molar-refractivity contribution is 0.182. The molecule has 3 heterocycles. The topological polar surface area (TPSA) is 32.3 Å². The van der Waals surface area contributed by atoms with Gasteiger partial charge in [0.1, 0.15) is 11.6 Å². The van der Waals surface area contributed by atoms with Gasteiger partial charge in [-0.3, -0.25) is 4.90 Å². The summed E-state index contributed by atoms with van der Waals surface area (Å²) in [6, 6.07) is 2.77. The van der Waals surface area contributed by atoms with Gasteiger partial charge >= 0.3 is 0 Å². The summed E-state index contributed by atoms with van der Waals surface area (Å²) in [5.74, 6) is 4.61. The summed E-state index contributed by atoms with van der Waals surface area (Å²) in [6.07, 6.45) is 1.90. The van der Waals surface area contributed by atoms with Crippen LogP contribution in [0, 0.1) is 0 Å². The predicted octanol–water partition coefficient (Wildman–Crippen LogP) is 2.01. The Hall–Kier alpha value is -0.810. The van der Waals surface area contributed by atoms with Crippen molar-refractivity contribution in [3.05, 3.63) is 18.1 Å². The number of nitrogens with zero attached hydrogens (tertiary/aromatic N) is 4. The molecule has 0 aliphatic carbocycles. The van der Waals surface area contributed by atoms with E-state index >= 15 is 0 Å². The summed E-state index contributed by atoms with van der Waals surface area (Å²) in [5, 5.41) is 0. The third-order valence-corrected chi connectivity index (χ3v) is 5.00. The lowest BCUT2D eigenvalue weighted by Crippen LogP contribution is -2.61. The van der Waals surface area contributed by atoms with Crippen LogP contribution in [0.25, 0.3) is 0 Å². The standard InChI is InChI=1S/C15H24N4S/c1-15(2,3)14-16-5-4-13(17-14)19-10-12(11-19)18-6-8-20-9-7-18/h4-5,12H,6-11H2,1-3H3. The SMILES string of the molecule is CC(C)(C)c1nccc(N2CC(N3CCSCC3)C2)n1. The van der Waals surface area contributed by atoms with E-state index in [1.807, 2.05) is 12.3 Å². The molecule has 0 radical (unpaired) electrons. The lowest BCUT2D eigenvalue weighted by Gasteiger charge is -2.47. The van der Waals surface area contributed by atoms with Crippen LogP contribution < -0.4 is 4.90 Å². The molecule has 20 heavy (non-hydrogen) atoms. The molecule has 2 aliphatic rings. The monoisotopic (exact) mass is 292 g/mol. The summed E-state index contributed by atoms with van der Waals surface area (Å²) in [6.45, 7) is 11.2. The molecule has 4 nitrogen and oxygen atoms in total. The van der Waals surface area contributed by atoms with E-state index in [-0.39, 0.29) is 5.41 Å². The van der Waals surface area contributed by atoms with Crippen molar-refractivity contribution in [3.63, 3.8) is 0 Å². The van der Waals surface area contributed by atoms with Crippen molar-refractivity contribution in [2.75, 3.05) is 42.6 Å². The van der Waals surface area contributed by atoms with Crippen LogP contribution in [-0.2, 0) is 5.41 Å². The van der Waals surface area contributed by atoms with Crippen LogP contribution in [-0.4, -0.2) is 58.6 Å². The second-order valence-electron chi connectivity index (χ2n) is 6.70. The van der Waals surface area contributed by atoms with Gasteiger partial charge in [0.15, 0.2) is 0 Å². The van der Waals surface area contributed by atoms with Crippen LogP contribution in [0.2, 0.25) is 0 Å². The van der Waals surface area contributed by atoms with Crippen LogP contribution in [0.1, 0.15) is 26.6 Å². The first-order valence-corrected chi connectivity index (χ1v) is 8.60. The third kappa shape index (κ3) is 2.93. The van der Waals surface area contributed by atoms with Crippen LogP contribution in [0.5, 0.6) is 0 Å². The molecule has 2 fully saturated rings. The quantitative estimate of drug-likeness (QED) is 0.832. The number of hydrogen-bond acceptors (Lipinski definition) is 5. The van der Waals surface area contributed by atoms with Crippen LogP contribution in [0.3, 0.4) is 0 Å². The third-order valence-electron chi connectivity index (χ3n) is 4.06. The van der Waals surface area contributed by atoms with Crippen molar-refractivity contribution in [2.45, 2.75) is 32.2 Å². The Bertz CT molecular complexity index is 459. The summed E-state index contributed by atoms with van der Waals surface area (Å²) >= 11 is 2.08. The van der Waals surface area contributed by atoms with E-state index < -0.39 is 0 Å². The number of aromatic nitrogens is 2. The molecule has 0 saturated carbocycles. The van der Waals surface area contributed by atoms with E-state index in [1.165, 1.54) is 24.6 Å².